The minimum Gasteiger partial charge on any atom is -0.374 e. The molecule has 0 spiro atoms. The van der Waals surface area contributed by atoms with E-state index < -0.39 is 0 Å². The van der Waals surface area contributed by atoms with E-state index in [-0.39, 0.29) is 0 Å². The second-order valence-electron chi connectivity index (χ2n) is 3.79. The highest BCUT2D eigenvalue weighted by Crippen LogP contribution is 2.18. The molecule has 1 aromatic carbocycles. The second kappa shape index (κ2) is 4.67. The summed E-state index contributed by atoms with van der Waals surface area (Å²) < 4.78 is 0. The monoisotopic (exact) mass is 214 g/mol. The number of H-pyrrole nitrogens is 1. The molecule has 0 atom stereocenters. The molecule has 0 aliphatic heterocycles. The lowest BCUT2D eigenvalue weighted by atomic mass is 10.2. The van der Waals surface area contributed by atoms with Gasteiger partial charge >= 0.3 is 0 Å². The number of nitrogens with one attached hydrogen (secondary N) is 1. The molecule has 1 aromatic heterocycles. The molecule has 0 saturated heterocycles. The van der Waals surface area contributed by atoms with E-state index in [0.717, 1.165) is 29.7 Å². The van der Waals surface area contributed by atoms with Gasteiger partial charge in [0.2, 0.25) is 0 Å². The van der Waals surface area contributed by atoms with E-state index in [1.807, 2.05) is 13.1 Å². The molecule has 0 aliphatic rings. The minimum atomic E-state index is 0.608. The van der Waals surface area contributed by atoms with Crippen LogP contribution in [0.1, 0.15) is 12.8 Å². The summed E-state index contributed by atoms with van der Waals surface area (Å²) in [6.07, 6.45) is 3.20. The Hall–Kier alpha value is -2.02. The number of fused-ring (bicyclic) bond motifs is 1. The topological polar surface area (TPSA) is 55.7 Å². The van der Waals surface area contributed by atoms with Gasteiger partial charge in [-0.05, 0) is 24.6 Å². The van der Waals surface area contributed by atoms with Crippen molar-refractivity contribution in [3.63, 3.8) is 0 Å². The number of rotatable bonds is 4. The Bertz CT molecular complexity index is 509. The highest BCUT2D eigenvalue weighted by molar-refractivity contribution is 5.78. The van der Waals surface area contributed by atoms with Gasteiger partial charge in [-0.15, -0.1) is 0 Å². The first-order valence-electron chi connectivity index (χ1n) is 5.32. The van der Waals surface area contributed by atoms with E-state index in [0.29, 0.717) is 6.42 Å². The summed E-state index contributed by atoms with van der Waals surface area (Å²) in [5.74, 6) is 0. The van der Waals surface area contributed by atoms with Crippen molar-refractivity contribution in [3.05, 3.63) is 24.5 Å². The van der Waals surface area contributed by atoms with Gasteiger partial charge in [-0.1, -0.05) is 0 Å². The summed E-state index contributed by atoms with van der Waals surface area (Å²) >= 11 is 0. The summed E-state index contributed by atoms with van der Waals surface area (Å²) in [5.41, 5.74) is 3.17. The standard InChI is InChI=1S/C12H14N4/c1-16(7-3-2-6-13)10-4-5-11-12(8-10)15-9-14-11/h4-5,8-9H,2-3,7H2,1H3,(H,14,15). The molecule has 0 radical (unpaired) electrons. The number of aromatic amines is 1. The third-order valence-corrected chi connectivity index (χ3v) is 2.63. The van der Waals surface area contributed by atoms with Crippen LogP contribution >= 0.6 is 0 Å². The quantitative estimate of drug-likeness (QED) is 0.794. The lowest BCUT2D eigenvalue weighted by molar-refractivity contribution is 0.807. The van der Waals surface area contributed by atoms with Crippen molar-refractivity contribution in [1.82, 2.24) is 9.97 Å². The van der Waals surface area contributed by atoms with Crippen molar-refractivity contribution in [2.24, 2.45) is 0 Å². The van der Waals surface area contributed by atoms with Gasteiger partial charge in [-0.2, -0.15) is 5.26 Å². The number of anilines is 1. The summed E-state index contributed by atoms with van der Waals surface area (Å²) in [6.45, 7) is 0.896. The van der Waals surface area contributed by atoms with E-state index in [1.54, 1.807) is 6.33 Å². The van der Waals surface area contributed by atoms with Crippen LogP contribution in [0.25, 0.3) is 11.0 Å². The Morgan fingerprint density at radius 2 is 2.38 bits per heavy atom. The first-order valence-corrected chi connectivity index (χ1v) is 5.32. The van der Waals surface area contributed by atoms with E-state index in [2.05, 4.69) is 33.1 Å². The molecule has 0 aliphatic carbocycles. The Morgan fingerprint density at radius 1 is 1.50 bits per heavy atom. The Balaban J connectivity index is 2.10. The van der Waals surface area contributed by atoms with Crippen molar-refractivity contribution >= 4 is 16.7 Å². The van der Waals surface area contributed by atoms with Crippen molar-refractivity contribution in [2.75, 3.05) is 18.5 Å². The van der Waals surface area contributed by atoms with Crippen LogP contribution < -0.4 is 4.90 Å². The predicted octanol–water partition coefficient (Wildman–Crippen LogP) is 2.30. The Kier molecular flexibility index (Phi) is 3.06. The normalized spacial score (nSPS) is 10.2. The maximum Gasteiger partial charge on any atom is 0.0931 e. The lowest BCUT2D eigenvalue weighted by Crippen LogP contribution is -2.18. The van der Waals surface area contributed by atoms with Crippen LogP contribution in [0.5, 0.6) is 0 Å². The number of unbranched alkanes of at least 4 members (excludes halogenated alkanes) is 1. The number of nitriles is 1. The summed E-state index contributed by atoms with van der Waals surface area (Å²) in [5, 5.41) is 8.48. The number of imidazole rings is 1. The van der Waals surface area contributed by atoms with Gasteiger partial charge in [0.25, 0.3) is 0 Å². The average Bonchev–Trinajstić information content (AvgIpc) is 2.76. The number of nitrogens with zero attached hydrogens (tertiary/aromatic N) is 3. The van der Waals surface area contributed by atoms with Crippen LogP contribution in [0, 0.1) is 11.3 Å². The summed E-state index contributed by atoms with van der Waals surface area (Å²) in [6, 6.07) is 8.29. The molecule has 2 aromatic rings. The van der Waals surface area contributed by atoms with Crippen molar-refractivity contribution in [1.29, 1.82) is 5.26 Å². The molecule has 1 heterocycles. The third-order valence-electron chi connectivity index (χ3n) is 2.63. The fraction of sp³-hybridized carbons (Fsp3) is 0.333. The van der Waals surface area contributed by atoms with E-state index in [4.69, 9.17) is 5.26 Å². The van der Waals surface area contributed by atoms with Crippen LogP contribution in [0.15, 0.2) is 24.5 Å². The Labute approximate surface area is 94.5 Å². The lowest BCUT2D eigenvalue weighted by Gasteiger charge is -2.18. The molecule has 16 heavy (non-hydrogen) atoms. The largest absolute Gasteiger partial charge is 0.374 e. The Morgan fingerprint density at radius 3 is 3.19 bits per heavy atom. The number of benzene rings is 1. The molecular weight excluding hydrogens is 200 g/mol. The second-order valence-corrected chi connectivity index (χ2v) is 3.79. The zero-order valence-corrected chi connectivity index (χ0v) is 9.27. The molecule has 0 fully saturated rings. The van der Waals surface area contributed by atoms with Gasteiger partial charge in [0.05, 0.1) is 23.4 Å². The van der Waals surface area contributed by atoms with Crippen molar-refractivity contribution < 1.29 is 0 Å². The molecule has 82 valence electrons. The highest BCUT2D eigenvalue weighted by atomic mass is 15.1. The molecule has 4 heteroatoms. The molecular formula is C12H14N4. The van der Waals surface area contributed by atoms with Crippen molar-refractivity contribution in [3.8, 4) is 6.07 Å². The number of hydrogen-bond donors (Lipinski definition) is 1. The molecule has 4 nitrogen and oxygen atoms in total. The van der Waals surface area contributed by atoms with Crippen LogP contribution in [0.2, 0.25) is 0 Å². The molecule has 0 amide bonds. The highest BCUT2D eigenvalue weighted by Gasteiger charge is 2.02. The SMILES string of the molecule is CN(CCCC#N)c1ccc2nc[nH]c2c1. The van der Waals surface area contributed by atoms with Crippen LogP contribution in [-0.4, -0.2) is 23.6 Å². The van der Waals surface area contributed by atoms with Crippen molar-refractivity contribution in [2.45, 2.75) is 12.8 Å². The van der Waals surface area contributed by atoms with Crippen LogP contribution in [-0.2, 0) is 0 Å². The molecule has 0 bridgehead atoms. The average molecular weight is 214 g/mol. The van der Waals surface area contributed by atoms with Gasteiger partial charge in [0, 0.05) is 25.7 Å². The summed E-state index contributed by atoms with van der Waals surface area (Å²) in [4.78, 5) is 9.42. The van der Waals surface area contributed by atoms with Gasteiger partial charge in [-0.3, -0.25) is 0 Å². The molecule has 1 N–H and O–H groups in total. The fourth-order valence-corrected chi connectivity index (χ4v) is 1.69. The smallest absolute Gasteiger partial charge is 0.0931 e. The van der Waals surface area contributed by atoms with E-state index in [9.17, 15) is 0 Å². The maximum absolute atomic E-state index is 8.48. The maximum atomic E-state index is 8.48. The number of hydrogen-bond acceptors (Lipinski definition) is 3. The van der Waals surface area contributed by atoms with E-state index >= 15 is 0 Å². The fourth-order valence-electron chi connectivity index (χ4n) is 1.69. The first kappa shape index (κ1) is 10.5. The van der Waals surface area contributed by atoms with Gasteiger partial charge < -0.3 is 9.88 Å². The predicted molar refractivity (Wildman–Crippen MR) is 64.2 cm³/mol. The first-order chi connectivity index (χ1) is 7.81. The minimum absolute atomic E-state index is 0.608. The van der Waals surface area contributed by atoms with Crippen LogP contribution in [0.3, 0.4) is 0 Å². The van der Waals surface area contributed by atoms with Gasteiger partial charge in [0.15, 0.2) is 0 Å². The van der Waals surface area contributed by atoms with E-state index in [1.165, 1.54) is 0 Å². The summed E-state index contributed by atoms with van der Waals surface area (Å²) in [7, 11) is 2.04. The third kappa shape index (κ3) is 2.14. The molecule has 2 rings (SSSR count). The molecule has 0 unspecified atom stereocenters. The van der Waals surface area contributed by atoms with Gasteiger partial charge in [0.1, 0.15) is 0 Å². The zero-order valence-electron chi connectivity index (χ0n) is 9.27. The van der Waals surface area contributed by atoms with Gasteiger partial charge in [-0.25, -0.2) is 4.98 Å². The number of aromatic nitrogens is 2. The zero-order chi connectivity index (χ0) is 11.4. The molecule has 0 saturated carbocycles. The van der Waals surface area contributed by atoms with Crippen LogP contribution in [0.4, 0.5) is 5.69 Å².